The number of hydrogen-bond acceptors (Lipinski definition) is 5. The van der Waals surface area contributed by atoms with E-state index in [1.165, 1.54) is 60.9 Å². The van der Waals surface area contributed by atoms with Crippen LogP contribution in [0.1, 0.15) is 0 Å². The van der Waals surface area contributed by atoms with E-state index in [0.29, 0.717) is 21.8 Å². The van der Waals surface area contributed by atoms with E-state index in [-0.39, 0.29) is 10.6 Å². The van der Waals surface area contributed by atoms with Gasteiger partial charge in [0.2, 0.25) is 0 Å². The van der Waals surface area contributed by atoms with Crippen LogP contribution >= 0.6 is 11.6 Å². The van der Waals surface area contributed by atoms with E-state index in [0.717, 1.165) is 4.09 Å². The Bertz CT molecular complexity index is 1230. The Hall–Kier alpha value is -3.10. The van der Waals surface area contributed by atoms with Gasteiger partial charge in [-0.2, -0.15) is 8.42 Å². The average molecular weight is 415 g/mol. The van der Waals surface area contributed by atoms with E-state index in [9.17, 15) is 12.8 Å². The lowest BCUT2D eigenvalue weighted by Gasteiger charge is -2.09. The molecular formula is C19H12ClFN4O2S. The summed E-state index contributed by atoms with van der Waals surface area (Å²) in [6, 6.07) is 14.7. The van der Waals surface area contributed by atoms with E-state index in [2.05, 4.69) is 15.3 Å². The van der Waals surface area contributed by atoms with Crippen LogP contribution < -0.4 is 0 Å². The molecule has 2 heterocycles. The molecule has 0 aliphatic rings. The lowest BCUT2D eigenvalue weighted by Crippen LogP contribution is -2.16. The zero-order chi connectivity index (χ0) is 19.7. The SMILES string of the molecule is O=S(=O)(c1ccc(Cl)cc1)n1nnc(-c2ccc(F)cc2)c1-c1ccncc1. The Morgan fingerprint density at radius 1 is 0.857 bits per heavy atom. The largest absolute Gasteiger partial charge is 0.284 e. The van der Waals surface area contributed by atoms with Gasteiger partial charge in [0.1, 0.15) is 17.2 Å². The van der Waals surface area contributed by atoms with Crippen molar-refractivity contribution >= 4 is 21.6 Å². The topological polar surface area (TPSA) is 77.7 Å². The van der Waals surface area contributed by atoms with Crippen molar-refractivity contribution < 1.29 is 12.8 Å². The summed E-state index contributed by atoms with van der Waals surface area (Å²) in [5.74, 6) is -0.407. The summed E-state index contributed by atoms with van der Waals surface area (Å²) in [6.07, 6.45) is 3.08. The van der Waals surface area contributed by atoms with E-state index in [4.69, 9.17) is 11.6 Å². The number of halogens is 2. The van der Waals surface area contributed by atoms with E-state index >= 15 is 0 Å². The fourth-order valence-electron chi connectivity index (χ4n) is 2.70. The van der Waals surface area contributed by atoms with Gasteiger partial charge in [-0.15, -0.1) is 9.19 Å². The van der Waals surface area contributed by atoms with Crippen LogP contribution in [0.4, 0.5) is 4.39 Å². The van der Waals surface area contributed by atoms with Crippen LogP contribution in [0.5, 0.6) is 0 Å². The smallest absolute Gasteiger partial charge is 0.265 e. The Morgan fingerprint density at radius 2 is 1.50 bits per heavy atom. The third-order valence-electron chi connectivity index (χ3n) is 4.05. The van der Waals surface area contributed by atoms with E-state index in [1.54, 1.807) is 12.1 Å². The molecule has 0 fully saturated rings. The molecule has 28 heavy (non-hydrogen) atoms. The molecule has 0 aliphatic heterocycles. The van der Waals surface area contributed by atoms with Crippen LogP contribution in [0.25, 0.3) is 22.5 Å². The zero-order valence-electron chi connectivity index (χ0n) is 14.2. The lowest BCUT2D eigenvalue weighted by atomic mass is 10.1. The molecule has 0 amide bonds. The highest BCUT2D eigenvalue weighted by Gasteiger charge is 2.26. The fraction of sp³-hybridized carbons (Fsp3) is 0. The minimum Gasteiger partial charge on any atom is -0.265 e. The number of aromatic nitrogens is 4. The molecule has 0 N–H and O–H groups in total. The minimum absolute atomic E-state index is 0.0164. The maximum atomic E-state index is 13.3. The third kappa shape index (κ3) is 3.28. The molecule has 0 bridgehead atoms. The van der Waals surface area contributed by atoms with Crippen molar-refractivity contribution in [2.45, 2.75) is 4.90 Å². The zero-order valence-corrected chi connectivity index (χ0v) is 15.8. The van der Waals surface area contributed by atoms with Gasteiger partial charge in [-0.1, -0.05) is 16.8 Å². The Kier molecular flexibility index (Phi) is 4.66. The van der Waals surface area contributed by atoms with Crippen LogP contribution in [0.15, 0.2) is 78.0 Å². The average Bonchev–Trinajstić information content (AvgIpc) is 3.15. The number of nitrogens with zero attached hydrogens (tertiary/aromatic N) is 4. The van der Waals surface area contributed by atoms with Crippen LogP contribution in [0.2, 0.25) is 5.02 Å². The molecule has 2 aromatic carbocycles. The second-order valence-electron chi connectivity index (χ2n) is 5.83. The maximum absolute atomic E-state index is 13.3. The molecule has 0 aliphatic carbocycles. The lowest BCUT2D eigenvalue weighted by molar-refractivity contribution is 0.578. The molecule has 0 unspecified atom stereocenters. The molecule has 6 nitrogen and oxygen atoms in total. The number of benzene rings is 2. The van der Waals surface area contributed by atoms with Gasteiger partial charge in [0, 0.05) is 28.5 Å². The van der Waals surface area contributed by atoms with Gasteiger partial charge in [-0.3, -0.25) is 4.98 Å². The molecule has 0 saturated heterocycles. The predicted molar refractivity (Wildman–Crippen MR) is 103 cm³/mol. The van der Waals surface area contributed by atoms with Gasteiger partial charge in [0.15, 0.2) is 0 Å². The van der Waals surface area contributed by atoms with Crippen LogP contribution in [-0.2, 0) is 10.0 Å². The molecular weight excluding hydrogens is 403 g/mol. The molecule has 2 aromatic heterocycles. The molecule has 0 radical (unpaired) electrons. The van der Waals surface area contributed by atoms with Gasteiger partial charge in [0.05, 0.1) is 4.90 Å². The van der Waals surface area contributed by atoms with Crippen molar-refractivity contribution in [3.63, 3.8) is 0 Å². The highest BCUT2D eigenvalue weighted by Crippen LogP contribution is 2.32. The monoisotopic (exact) mass is 414 g/mol. The standard InChI is InChI=1S/C19H12ClFN4O2S/c20-15-3-7-17(8-4-15)28(26,27)25-19(14-9-11-22-12-10-14)18(23-24-25)13-1-5-16(21)6-2-13/h1-12H. The summed E-state index contributed by atoms with van der Waals surface area (Å²) >= 11 is 5.86. The molecule has 0 atom stereocenters. The quantitative estimate of drug-likeness (QED) is 0.503. The molecule has 4 rings (SSSR count). The second kappa shape index (κ2) is 7.14. The molecule has 140 valence electrons. The van der Waals surface area contributed by atoms with Crippen LogP contribution in [0, 0.1) is 5.82 Å². The van der Waals surface area contributed by atoms with E-state index < -0.39 is 15.8 Å². The van der Waals surface area contributed by atoms with Gasteiger partial charge < -0.3 is 0 Å². The highest BCUT2D eigenvalue weighted by atomic mass is 35.5. The Labute approximate surface area is 165 Å². The van der Waals surface area contributed by atoms with Crippen LogP contribution in [-0.4, -0.2) is 27.8 Å². The molecule has 4 aromatic rings. The van der Waals surface area contributed by atoms with Gasteiger partial charge in [-0.25, -0.2) is 4.39 Å². The summed E-state index contributed by atoms with van der Waals surface area (Å²) in [5, 5.41) is 8.38. The van der Waals surface area contributed by atoms with Gasteiger partial charge in [0.25, 0.3) is 10.0 Å². The first-order valence-corrected chi connectivity index (χ1v) is 9.92. The van der Waals surface area contributed by atoms with Crippen LogP contribution in [0.3, 0.4) is 0 Å². The first-order valence-electron chi connectivity index (χ1n) is 8.10. The normalized spacial score (nSPS) is 11.5. The van der Waals surface area contributed by atoms with Crippen molar-refractivity contribution in [1.29, 1.82) is 0 Å². The number of rotatable bonds is 4. The summed E-state index contributed by atoms with van der Waals surface area (Å²) in [5.41, 5.74) is 1.65. The predicted octanol–water partition coefficient (Wildman–Crippen LogP) is 4.04. The molecule has 9 heteroatoms. The van der Waals surface area contributed by atoms with Crippen molar-refractivity contribution in [2.24, 2.45) is 0 Å². The summed E-state index contributed by atoms with van der Waals surface area (Å²) in [7, 11) is -4.04. The summed E-state index contributed by atoms with van der Waals surface area (Å²) in [6.45, 7) is 0. The fourth-order valence-corrected chi connectivity index (χ4v) is 4.07. The minimum atomic E-state index is -4.04. The first kappa shape index (κ1) is 18.3. The Balaban J connectivity index is 1.96. The van der Waals surface area contributed by atoms with Crippen molar-refractivity contribution in [2.75, 3.05) is 0 Å². The van der Waals surface area contributed by atoms with Gasteiger partial charge >= 0.3 is 0 Å². The van der Waals surface area contributed by atoms with Crippen molar-refractivity contribution in [3.8, 4) is 22.5 Å². The molecule has 0 saturated carbocycles. The third-order valence-corrected chi connectivity index (χ3v) is 5.88. The van der Waals surface area contributed by atoms with E-state index in [1.807, 2.05) is 0 Å². The van der Waals surface area contributed by atoms with Crippen molar-refractivity contribution in [1.82, 2.24) is 19.4 Å². The highest BCUT2D eigenvalue weighted by molar-refractivity contribution is 7.90. The molecule has 0 spiro atoms. The second-order valence-corrected chi connectivity index (χ2v) is 8.04. The first-order chi connectivity index (χ1) is 13.5. The Morgan fingerprint density at radius 3 is 2.14 bits per heavy atom. The number of pyridine rings is 1. The summed E-state index contributed by atoms with van der Waals surface area (Å²) in [4.78, 5) is 3.98. The number of hydrogen-bond donors (Lipinski definition) is 0. The van der Waals surface area contributed by atoms with Gasteiger partial charge in [-0.05, 0) is 60.7 Å². The maximum Gasteiger partial charge on any atom is 0.284 e. The summed E-state index contributed by atoms with van der Waals surface area (Å²) < 4.78 is 40.5. The van der Waals surface area contributed by atoms with Crippen molar-refractivity contribution in [3.05, 3.63) is 83.9 Å².